The highest BCUT2D eigenvalue weighted by molar-refractivity contribution is 5.89. The summed E-state index contributed by atoms with van der Waals surface area (Å²) < 4.78 is 2.16. The molecular weight excluding hydrogens is 378 g/mol. The van der Waals surface area contributed by atoms with Crippen LogP contribution in [0.2, 0.25) is 0 Å². The fourth-order valence-electron chi connectivity index (χ4n) is 4.65. The highest BCUT2D eigenvalue weighted by atomic mass is 16.2. The smallest absolute Gasteiger partial charge is 0.227 e. The fourth-order valence-corrected chi connectivity index (χ4v) is 4.65. The van der Waals surface area contributed by atoms with Crippen LogP contribution in [0.15, 0.2) is 18.3 Å². The number of rotatable bonds is 3. The third-order valence-electron chi connectivity index (χ3n) is 6.25. The number of amides is 2. The van der Waals surface area contributed by atoms with Gasteiger partial charge in [-0.25, -0.2) is 4.98 Å². The number of hydrogen-bond donors (Lipinski definition) is 1. The molecule has 1 N–H and O–H groups in total. The van der Waals surface area contributed by atoms with Gasteiger partial charge in [-0.1, -0.05) is 6.07 Å². The molecule has 30 heavy (non-hydrogen) atoms. The Hall–Kier alpha value is -2.57. The topological polar surface area (TPSA) is 70.0 Å². The first-order valence-electron chi connectivity index (χ1n) is 10.9. The molecule has 0 saturated carbocycles. The van der Waals surface area contributed by atoms with Crippen molar-refractivity contribution in [2.45, 2.75) is 58.4 Å². The van der Waals surface area contributed by atoms with E-state index in [4.69, 9.17) is 4.98 Å². The Morgan fingerprint density at radius 3 is 2.53 bits per heavy atom. The first-order chi connectivity index (χ1) is 14.1. The van der Waals surface area contributed by atoms with Crippen molar-refractivity contribution in [1.82, 2.24) is 19.2 Å². The van der Waals surface area contributed by atoms with E-state index in [9.17, 15) is 9.59 Å². The van der Waals surface area contributed by atoms with Gasteiger partial charge in [0.05, 0.1) is 11.6 Å². The van der Waals surface area contributed by atoms with Crippen LogP contribution in [0.25, 0.3) is 5.65 Å². The van der Waals surface area contributed by atoms with Crippen LogP contribution in [0.4, 0.5) is 5.82 Å². The van der Waals surface area contributed by atoms with E-state index in [1.54, 1.807) is 11.9 Å². The number of hydrogen-bond acceptors (Lipinski definition) is 4. The first kappa shape index (κ1) is 20.7. The average Bonchev–Trinajstić information content (AvgIpc) is 3.21. The Kier molecular flexibility index (Phi) is 5.24. The summed E-state index contributed by atoms with van der Waals surface area (Å²) in [5.41, 5.74) is 3.17. The molecule has 4 heterocycles. The molecule has 7 heteroatoms. The molecule has 0 bridgehead atoms. The van der Waals surface area contributed by atoms with Gasteiger partial charge in [0.15, 0.2) is 0 Å². The number of aromatic nitrogens is 2. The van der Waals surface area contributed by atoms with Crippen molar-refractivity contribution in [3.05, 3.63) is 29.6 Å². The second kappa shape index (κ2) is 7.60. The monoisotopic (exact) mass is 411 g/mol. The largest absolute Gasteiger partial charge is 0.365 e. The quantitative estimate of drug-likeness (QED) is 0.843. The van der Waals surface area contributed by atoms with Crippen LogP contribution in [-0.4, -0.2) is 63.2 Å². The summed E-state index contributed by atoms with van der Waals surface area (Å²) in [7, 11) is 1.77. The van der Waals surface area contributed by atoms with E-state index in [1.807, 2.05) is 4.90 Å². The Morgan fingerprint density at radius 1 is 1.23 bits per heavy atom. The number of imidazole rings is 1. The van der Waals surface area contributed by atoms with Crippen LogP contribution in [-0.2, 0) is 9.59 Å². The molecule has 2 fully saturated rings. The molecule has 1 atom stereocenters. The molecule has 0 radical (unpaired) electrons. The summed E-state index contributed by atoms with van der Waals surface area (Å²) in [6, 6.07) is 4.15. The fraction of sp³-hybridized carbons (Fsp3) is 0.609. The van der Waals surface area contributed by atoms with Gasteiger partial charge in [0.25, 0.3) is 0 Å². The number of aryl methyl sites for hydroxylation is 1. The molecule has 7 nitrogen and oxygen atoms in total. The summed E-state index contributed by atoms with van der Waals surface area (Å²) >= 11 is 0. The van der Waals surface area contributed by atoms with Crippen molar-refractivity contribution in [3.63, 3.8) is 0 Å². The lowest BCUT2D eigenvalue weighted by Crippen LogP contribution is -2.42. The van der Waals surface area contributed by atoms with Crippen LogP contribution in [0.3, 0.4) is 0 Å². The van der Waals surface area contributed by atoms with Gasteiger partial charge in [0.1, 0.15) is 11.5 Å². The van der Waals surface area contributed by atoms with Crippen molar-refractivity contribution in [3.8, 4) is 0 Å². The first-order valence-corrected chi connectivity index (χ1v) is 10.9. The minimum atomic E-state index is -0.185. The zero-order valence-electron chi connectivity index (χ0n) is 18.7. The number of nitrogens with one attached hydrogen (secondary N) is 1. The minimum Gasteiger partial charge on any atom is -0.365 e. The second-order valence-corrected chi connectivity index (χ2v) is 9.88. The van der Waals surface area contributed by atoms with E-state index in [2.05, 4.69) is 55.7 Å². The highest BCUT2D eigenvalue weighted by Gasteiger charge is 2.37. The lowest BCUT2D eigenvalue weighted by Gasteiger charge is -2.33. The molecule has 0 unspecified atom stereocenters. The molecule has 2 aliphatic heterocycles. The lowest BCUT2D eigenvalue weighted by molar-refractivity contribution is -0.136. The number of carbonyl (C=O) groups excluding carboxylic acids is 2. The summed E-state index contributed by atoms with van der Waals surface area (Å²) in [4.78, 5) is 33.3. The van der Waals surface area contributed by atoms with E-state index in [0.717, 1.165) is 48.7 Å². The van der Waals surface area contributed by atoms with E-state index in [1.165, 1.54) is 0 Å². The average molecular weight is 412 g/mol. The Labute approximate surface area is 178 Å². The number of fused-ring (bicyclic) bond motifs is 1. The van der Waals surface area contributed by atoms with Crippen molar-refractivity contribution >= 4 is 23.3 Å². The molecule has 2 aromatic heterocycles. The molecule has 0 spiro atoms. The van der Waals surface area contributed by atoms with Gasteiger partial charge in [-0.15, -0.1) is 0 Å². The third kappa shape index (κ3) is 3.89. The van der Waals surface area contributed by atoms with Crippen molar-refractivity contribution in [2.75, 3.05) is 32.0 Å². The van der Waals surface area contributed by atoms with Crippen molar-refractivity contribution in [2.24, 2.45) is 5.92 Å². The third-order valence-corrected chi connectivity index (χ3v) is 6.25. The van der Waals surface area contributed by atoms with E-state index in [-0.39, 0.29) is 23.3 Å². The van der Waals surface area contributed by atoms with Gasteiger partial charge in [0.2, 0.25) is 11.8 Å². The molecule has 2 saturated heterocycles. The van der Waals surface area contributed by atoms with Gasteiger partial charge in [-0.3, -0.25) is 14.0 Å². The summed E-state index contributed by atoms with van der Waals surface area (Å²) in [5, 5.41) is 3.66. The van der Waals surface area contributed by atoms with Gasteiger partial charge in [-0.2, -0.15) is 0 Å². The number of anilines is 1. The van der Waals surface area contributed by atoms with Crippen LogP contribution in [0.1, 0.15) is 57.2 Å². The number of piperidine rings is 1. The van der Waals surface area contributed by atoms with E-state index in [0.29, 0.717) is 18.9 Å². The molecular formula is C23H33N5O2. The summed E-state index contributed by atoms with van der Waals surface area (Å²) in [5.74, 6) is 1.39. The molecule has 2 aliphatic rings. The highest BCUT2D eigenvalue weighted by Crippen LogP contribution is 2.35. The maximum atomic E-state index is 12.9. The zero-order valence-corrected chi connectivity index (χ0v) is 18.7. The lowest BCUT2D eigenvalue weighted by atomic mass is 9.92. The normalized spacial score (nSPS) is 21.0. The predicted octanol–water partition coefficient (Wildman–Crippen LogP) is 3.04. The Bertz CT molecular complexity index is 966. The second-order valence-electron chi connectivity index (χ2n) is 9.88. The van der Waals surface area contributed by atoms with Gasteiger partial charge >= 0.3 is 0 Å². The zero-order chi connectivity index (χ0) is 21.6. The van der Waals surface area contributed by atoms with Gasteiger partial charge < -0.3 is 15.1 Å². The molecule has 0 aromatic carbocycles. The maximum absolute atomic E-state index is 12.9. The summed E-state index contributed by atoms with van der Waals surface area (Å²) in [6.45, 7) is 10.6. The predicted molar refractivity (Wildman–Crippen MR) is 118 cm³/mol. The van der Waals surface area contributed by atoms with Crippen LogP contribution in [0, 0.1) is 12.8 Å². The van der Waals surface area contributed by atoms with E-state index < -0.39 is 0 Å². The maximum Gasteiger partial charge on any atom is 0.227 e. The minimum absolute atomic E-state index is 0.0706. The van der Waals surface area contributed by atoms with Gasteiger partial charge in [-0.05, 0) is 52.2 Å². The molecule has 4 rings (SSSR count). The molecule has 162 valence electrons. The van der Waals surface area contributed by atoms with Gasteiger partial charge in [0, 0.05) is 50.8 Å². The van der Waals surface area contributed by atoms with Crippen molar-refractivity contribution in [1.29, 1.82) is 0 Å². The molecule has 0 aliphatic carbocycles. The van der Waals surface area contributed by atoms with Crippen LogP contribution >= 0.6 is 0 Å². The number of nitrogens with zero attached hydrogens (tertiary/aromatic N) is 4. The Morgan fingerprint density at radius 2 is 1.93 bits per heavy atom. The Balaban J connectivity index is 1.53. The summed E-state index contributed by atoms with van der Waals surface area (Å²) in [6.07, 6.45) is 4.20. The number of pyridine rings is 1. The van der Waals surface area contributed by atoms with Crippen molar-refractivity contribution < 1.29 is 9.59 Å². The number of carbonyl (C=O) groups is 2. The SMILES string of the molecule is Cc1cccn2c(NC(C)(C)C)c(C3CCN(C(=O)[C@H]4CC(=O)N(C)C4)CC3)nc12. The molecule has 2 aromatic rings. The van der Waals surface area contributed by atoms with Crippen LogP contribution in [0.5, 0.6) is 0 Å². The van der Waals surface area contributed by atoms with Crippen LogP contribution < -0.4 is 5.32 Å². The van der Waals surface area contributed by atoms with E-state index >= 15 is 0 Å². The molecule has 2 amide bonds. The number of likely N-dealkylation sites (tertiary alicyclic amines) is 2. The standard InChI is InChI=1S/C23H33N5O2/c1-15-7-6-10-28-20(15)24-19(21(28)25-23(2,3)4)16-8-11-27(12-9-16)22(30)17-13-18(29)26(5)14-17/h6-7,10,16-17,25H,8-9,11-14H2,1-5H3/t17-/m0/s1.